The first-order valence-corrected chi connectivity index (χ1v) is 15.9. The van der Waals surface area contributed by atoms with E-state index in [9.17, 15) is 19.2 Å². The highest BCUT2D eigenvalue weighted by molar-refractivity contribution is 7.18. The van der Waals surface area contributed by atoms with Gasteiger partial charge in [0.15, 0.2) is 5.69 Å². The maximum atomic E-state index is 14.1. The van der Waals surface area contributed by atoms with Crippen LogP contribution in [-0.4, -0.2) is 98.9 Å². The number of nitrogens with zero attached hydrogens (tertiary/aromatic N) is 6. The first-order chi connectivity index (χ1) is 20.5. The molecule has 0 saturated carbocycles. The van der Waals surface area contributed by atoms with E-state index in [2.05, 4.69) is 29.2 Å². The Morgan fingerprint density at radius 1 is 1.16 bits per heavy atom. The molecule has 1 N–H and O–H groups in total. The zero-order chi connectivity index (χ0) is 30.8. The minimum atomic E-state index is -0.301. The summed E-state index contributed by atoms with van der Waals surface area (Å²) < 4.78 is 2.68. The number of fused-ring (bicyclic) bond motifs is 2. The van der Waals surface area contributed by atoms with Crippen molar-refractivity contribution < 1.29 is 19.2 Å². The number of benzene rings is 1. The predicted molar refractivity (Wildman–Crippen MR) is 165 cm³/mol. The number of carbonyl (C=O) groups is 4. The molecule has 43 heavy (non-hydrogen) atoms. The van der Waals surface area contributed by atoms with Crippen molar-refractivity contribution in [1.29, 1.82) is 0 Å². The molecule has 1 aliphatic carbocycles. The summed E-state index contributed by atoms with van der Waals surface area (Å²) in [6, 6.07) is 5.35. The lowest BCUT2D eigenvalue weighted by Crippen LogP contribution is -2.50. The number of aryl methyl sites for hydroxylation is 2. The molecule has 0 fully saturated rings. The van der Waals surface area contributed by atoms with Crippen molar-refractivity contribution in [3.63, 3.8) is 0 Å². The molecule has 1 aliphatic heterocycles. The molecule has 230 valence electrons. The average Bonchev–Trinajstić information content (AvgIpc) is 3.50. The summed E-state index contributed by atoms with van der Waals surface area (Å²) in [5.74, 6) is -0.520. The number of nitrogens with one attached hydrogen (secondary N) is 1. The molecule has 5 rings (SSSR count). The van der Waals surface area contributed by atoms with E-state index in [0.717, 1.165) is 39.3 Å². The SMILES string of the molecule is Cc1nc2ccc(C(=O)N3CCCNC(=O)CN(C)C(=O)c4nn(C)c5c4CC(CC5)N(CCC(C)C)C(=O)C3)cc2s1. The third-order valence-electron chi connectivity index (χ3n) is 8.35. The summed E-state index contributed by atoms with van der Waals surface area (Å²) in [7, 11) is 3.44. The van der Waals surface area contributed by atoms with Crippen LogP contribution in [0.25, 0.3) is 10.2 Å². The van der Waals surface area contributed by atoms with Gasteiger partial charge in [0.25, 0.3) is 11.8 Å². The fourth-order valence-corrected chi connectivity index (χ4v) is 6.87. The summed E-state index contributed by atoms with van der Waals surface area (Å²) in [4.78, 5) is 63.5. The van der Waals surface area contributed by atoms with Gasteiger partial charge in [-0.2, -0.15) is 5.10 Å². The second-order valence-corrected chi connectivity index (χ2v) is 13.3. The number of likely N-dealkylation sites (N-methyl/N-ethyl adjacent to an activating group) is 1. The van der Waals surface area contributed by atoms with E-state index in [1.807, 2.05) is 31.0 Å². The van der Waals surface area contributed by atoms with Gasteiger partial charge in [-0.3, -0.25) is 23.9 Å². The van der Waals surface area contributed by atoms with Crippen LogP contribution in [0.5, 0.6) is 0 Å². The van der Waals surface area contributed by atoms with Crippen LogP contribution in [0, 0.1) is 12.8 Å². The van der Waals surface area contributed by atoms with Gasteiger partial charge < -0.3 is 20.0 Å². The predicted octanol–water partition coefficient (Wildman–Crippen LogP) is 2.80. The van der Waals surface area contributed by atoms with Crippen molar-refractivity contribution in [2.45, 2.75) is 58.9 Å². The number of hydrogen-bond donors (Lipinski definition) is 1. The van der Waals surface area contributed by atoms with Gasteiger partial charge in [0.2, 0.25) is 11.8 Å². The zero-order valence-electron chi connectivity index (χ0n) is 25.7. The van der Waals surface area contributed by atoms with Gasteiger partial charge in [-0.05, 0) is 63.1 Å². The summed E-state index contributed by atoms with van der Waals surface area (Å²) in [5.41, 5.74) is 3.53. The Morgan fingerprint density at radius 2 is 1.95 bits per heavy atom. The van der Waals surface area contributed by atoms with Gasteiger partial charge >= 0.3 is 0 Å². The van der Waals surface area contributed by atoms with Crippen molar-refractivity contribution in [3.05, 3.63) is 45.7 Å². The summed E-state index contributed by atoms with van der Waals surface area (Å²) in [6.07, 6.45) is 3.23. The van der Waals surface area contributed by atoms with Crippen LogP contribution in [0.15, 0.2) is 18.2 Å². The van der Waals surface area contributed by atoms with Crippen molar-refractivity contribution >= 4 is 45.2 Å². The van der Waals surface area contributed by atoms with E-state index >= 15 is 0 Å². The molecule has 11 nitrogen and oxygen atoms in total. The Balaban J connectivity index is 1.48. The van der Waals surface area contributed by atoms with Gasteiger partial charge in [0.1, 0.15) is 6.54 Å². The molecule has 1 atom stereocenters. The van der Waals surface area contributed by atoms with Crippen LogP contribution in [0.2, 0.25) is 0 Å². The molecular formula is C31H41N7O4S. The van der Waals surface area contributed by atoms with Crippen molar-refractivity contribution in [3.8, 4) is 0 Å². The topological polar surface area (TPSA) is 121 Å². The lowest BCUT2D eigenvalue weighted by Gasteiger charge is -2.36. The van der Waals surface area contributed by atoms with Crippen LogP contribution >= 0.6 is 11.3 Å². The van der Waals surface area contributed by atoms with Crippen LogP contribution in [0.1, 0.15) is 70.2 Å². The molecule has 4 amide bonds. The minimum absolute atomic E-state index is 0.0600. The fraction of sp³-hybridized carbons (Fsp3) is 0.548. The molecule has 0 radical (unpaired) electrons. The van der Waals surface area contributed by atoms with Crippen molar-refractivity contribution in [2.24, 2.45) is 13.0 Å². The van der Waals surface area contributed by atoms with Gasteiger partial charge in [0, 0.05) is 56.6 Å². The zero-order valence-corrected chi connectivity index (χ0v) is 26.5. The molecule has 2 aliphatic rings. The normalized spacial score (nSPS) is 19.0. The van der Waals surface area contributed by atoms with Gasteiger partial charge in [-0.15, -0.1) is 11.3 Å². The standard InChI is InChI=1S/C31H41N7O4S/c1-19(2)11-14-38-22-8-10-25-23(16-22)29(34-36(25)5)31(42)35(4)17-27(39)32-12-6-13-37(18-28(38)40)30(41)21-7-9-24-26(15-21)43-20(3)33-24/h7,9,15,19,22H,6,8,10-14,16-18H2,1-5H3,(H,32,39). The van der Waals surface area contributed by atoms with E-state index in [4.69, 9.17) is 0 Å². The Morgan fingerprint density at radius 3 is 2.72 bits per heavy atom. The van der Waals surface area contributed by atoms with Crippen LogP contribution in [0.4, 0.5) is 0 Å². The maximum Gasteiger partial charge on any atom is 0.274 e. The molecule has 2 aromatic heterocycles. The smallest absolute Gasteiger partial charge is 0.274 e. The molecule has 3 aromatic rings. The quantitative estimate of drug-likeness (QED) is 0.487. The molecule has 0 saturated heterocycles. The number of carbonyl (C=O) groups excluding carboxylic acids is 4. The minimum Gasteiger partial charge on any atom is -0.354 e. The molecule has 0 spiro atoms. The monoisotopic (exact) mass is 607 g/mol. The highest BCUT2D eigenvalue weighted by Gasteiger charge is 2.35. The average molecular weight is 608 g/mol. The van der Waals surface area contributed by atoms with Crippen LogP contribution in [-0.2, 0) is 29.5 Å². The summed E-state index contributed by atoms with van der Waals surface area (Å²) in [6.45, 7) is 7.24. The van der Waals surface area contributed by atoms with Gasteiger partial charge in [-0.25, -0.2) is 4.98 Å². The van der Waals surface area contributed by atoms with E-state index in [-0.39, 0.29) is 42.8 Å². The molecule has 1 aromatic carbocycles. The lowest BCUT2D eigenvalue weighted by molar-refractivity contribution is -0.134. The van der Waals surface area contributed by atoms with E-state index in [1.165, 1.54) is 16.2 Å². The Hall–Kier alpha value is -3.80. The number of aromatic nitrogens is 3. The largest absolute Gasteiger partial charge is 0.354 e. The number of thiazole rings is 1. The van der Waals surface area contributed by atoms with Crippen molar-refractivity contribution in [1.82, 2.24) is 34.8 Å². The van der Waals surface area contributed by atoms with E-state index in [1.54, 1.807) is 22.7 Å². The first kappa shape index (κ1) is 30.7. The van der Waals surface area contributed by atoms with Gasteiger partial charge in [-0.1, -0.05) is 13.8 Å². The van der Waals surface area contributed by atoms with Crippen molar-refractivity contribution in [2.75, 3.05) is 39.8 Å². The second kappa shape index (κ2) is 12.8. The highest BCUT2D eigenvalue weighted by atomic mass is 32.1. The third kappa shape index (κ3) is 6.74. The van der Waals surface area contributed by atoms with E-state index in [0.29, 0.717) is 56.1 Å². The number of amides is 4. The summed E-state index contributed by atoms with van der Waals surface area (Å²) in [5, 5.41) is 8.33. The molecule has 3 heterocycles. The molecular weight excluding hydrogens is 566 g/mol. The Kier molecular flexibility index (Phi) is 9.14. The Labute approximate surface area is 256 Å². The van der Waals surface area contributed by atoms with Gasteiger partial charge in [0.05, 0.1) is 21.8 Å². The molecule has 12 heteroatoms. The fourth-order valence-electron chi connectivity index (χ4n) is 6.00. The second-order valence-electron chi connectivity index (χ2n) is 12.1. The maximum absolute atomic E-state index is 14.1. The Bertz CT molecular complexity index is 1540. The number of hydrogen-bond acceptors (Lipinski definition) is 7. The van der Waals surface area contributed by atoms with E-state index < -0.39 is 0 Å². The highest BCUT2D eigenvalue weighted by Crippen LogP contribution is 2.29. The lowest BCUT2D eigenvalue weighted by atomic mass is 9.89. The first-order valence-electron chi connectivity index (χ1n) is 15.0. The van der Waals surface area contributed by atoms with Crippen LogP contribution < -0.4 is 5.32 Å². The number of rotatable bonds is 4. The summed E-state index contributed by atoms with van der Waals surface area (Å²) >= 11 is 1.53. The third-order valence-corrected chi connectivity index (χ3v) is 9.28. The molecule has 2 bridgehead atoms. The van der Waals surface area contributed by atoms with Crippen LogP contribution in [0.3, 0.4) is 0 Å². The molecule has 1 unspecified atom stereocenters.